The molecule has 0 spiro atoms. The normalized spacial score (nSPS) is 18.5. The fourth-order valence-corrected chi connectivity index (χ4v) is 5.41. The Morgan fingerprint density at radius 1 is 1.00 bits per heavy atom. The Labute approximate surface area is 194 Å². The van der Waals surface area contributed by atoms with Crippen molar-refractivity contribution >= 4 is 16.9 Å². The molecule has 0 unspecified atom stereocenters. The molecule has 6 rings (SSSR count). The van der Waals surface area contributed by atoms with E-state index in [0.717, 1.165) is 53.7 Å². The van der Waals surface area contributed by atoms with Crippen LogP contribution in [0.15, 0.2) is 71.1 Å². The molecule has 33 heavy (non-hydrogen) atoms. The summed E-state index contributed by atoms with van der Waals surface area (Å²) in [7, 11) is 0. The van der Waals surface area contributed by atoms with E-state index in [1.54, 1.807) is 0 Å². The maximum Gasteiger partial charge on any atom is 0.251 e. The van der Waals surface area contributed by atoms with Crippen LogP contribution in [-0.2, 0) is 12.8 Å². The molecule has 4 nitrogen and oxygen atoms in total. The van der Waals surface area contributed by atoms with Gasteiger partial charge in [-0.3, -0.25) is 4.79 Å². The molecule has 4 heteroatoms. The second-order valence-corrected chi connectivity index (χ2v) is 9.28. The van der Waals surface area contributed by atoms with Gasteiger partial charge in [0.05, 0.1) is 6.04 Å². The van der Waals surface area contributed by atoms with Crippen molar-refractivity contribution in [1.82, 2.24) is 10.6 Å². The fourth-order valence-electron chi connectivity index (χ4n) is 5.41. The molecule has 2 N–H and O–H groups in total. The molecule has 0 fully saturated rings. The zero-order valence-corrected chi connectivity index (χ0v) is 18.9. The van der Waals surface area contributed by atoms with E-state index in [9.17, 15) is 4.79 Å². The van der Waals surface area contributed by atoms with Crippen molar-refractivity contribution in [3.05, 3.63) is 94.7 Å². The quantitative estimate of drug-likeness (QED) is 0.406. The van der Waals surface area contributed by atoms with E-state index < -0.39 is 0 Å². The molecule has 1 aliphatic heterocycles. The first-order valence-electron chi connectivity index (χ1n) is 12.0. The Morgan fingerprint density at radius 3 is 2.70 bits per heavy atom. The molecule has 4 aromatic rings. The first-order chi connectivity index (χ1) is 16.2. The average molecular weight is 437 g/mol. The van der Waals surface area contributed by atoms with E-state index in [0.29, 0.717) is 6.54 Å². The van der Waals surface area contributed by atoms with Gasteiger partial charge in [0.15, 0.2) is 0 Å². The van der Waals surface area contributed by atoms with Crippen LogP contribution in [0.2, 0.25) is 0 Å². The van der Waals surface area contributed by atoms with Crippen LogP contribution < -0.4 is 10.6 Å². The van der Waals surface area contributed by atoms with Gasteiger partial charge in [0.1, 0.15) is 11.3 Å². The molecule has 0 radical (unpaired) electrons. The zero-order chi connectivity index (χ0) is 22.4. The molecule has 1 aromatic heterocycles. The molecule has 1 aliphatic carbocycles. The lowest BCUT2D eigenvalue weighted by Crippen LogP contribution is -2.31. The zero-order valence-electron chi connectivity index (χ0n) is 18.9. The Morgan fingerprint density at radius 2 is 1.82 bits per heavy atom. The summed E-state index contributed by atoms with van der Waals surface area (Å²) in [5.41, 5.74) is 7.86. The summed E-state index contributed by atoms with van der Waals surface area (Å²) < 4.78 is 6.42. The van der Waals surface area contributed by atoms with E-state index in [1.807, 2.05) is 6.07 Å². The minimum Gasteiger partial charge on any atom is -0.459 e. The molecule has 0 saturated heterocycles. The monoisotopic (exact) mass is 436 g/mol. The topological polar surface area (TPSA) is 54.3 Å². The minimum absolute atomic E-state index is 0.0328. The van der Waals surface area contributed by atoms with Gasteiger partial charge in [0.25, 0.3) is 5.91 Å². The molecule has 3 aromatic carbocycles. The Balaban J connectivity index is 1.34. The van der Waals surface area contributed by atoms with E-state index in [2.05, 4.69) is 78.2 Å². The van der Waals surface area contributed by atoms with Crippen LogP contribution in [0.4, 0.5) is 0 Å². The van der Waals surface area contributed by atoms with Gasteiger partial charge in [-0.1, -0.05) is 48.5 Å². The fraction of sp³-hybridized carbons (Fsp3) is 0.276. The third-order valence-electron chi connectivity index (χ3n) is 7.17. The molecule has 1 amide bonds. The maximum atomic E-state index is 12.1. The van der Waals surface area contributed by atoms with Crippen molar-refractivity contribution in [3.8, 4) is 11.1 Å². The predicted octanol–water partition coefficient (Wildman–Crippen LogP) is 6.11. The lowest BCUT2D eigenvalue weighted by Gasteiger charge is -2.26. The number of amides is 1. The standard InChI is InChI=1S/C29H28N2O2/c1-18(19-6-3-2-4-7-19)31-26-9-5-8-24-25-17-21(11-13-27(25)33-28(24)26)20-10-12-23-22(16-20)14-15-30-29(23)32/h2-4,6-7,10-13,16-18,26,31H,5,8-9,14-15H2,1H3,(H,30,32)/t18-,26-/m1/s1. The van der Waals surface area contributed by atoms with Crippen LogP contribution in [0.5, 0.6) is 0 Å². The third kappa shape index (κ3) is 3.65. The van der Waals surface area contributed by atoms with Crippen molar-refractivity contribution < 1.29 is 9.21 Å². The van der Waals surface area contributed by atoms with Gasteiger partial charge in [0, 0.05) is 29.1 Å². The van der Waals surface area contributed by atoms with E-state index in [1.165, 1.54) is 22.1 Å². The van der Waals surface area contributed by atoms with Gasteiger partial charge in [-0.2, -0.15) is 0 Å². The number of rotatable bonds is 4. The number of nitrogens with one attached hydrogen (secondary N) is 2. The van der Waals surface area contributed by atoms with E-state index >= 15 is 0 Å². The van der Waals surface area contributed by atoms with Gasteiger partial charge >= 0.3 is 0 Å². The first kappa shape index (κ1) is 20.3. The van der Waals surface area contributed by atoms with Crippen LogP contribution in [-0.4, -0.2) is 12.5 Å². The Hall–Kier alpha value is -3.37. The van der Waals surface area contributed by atoms with Crippen LogP contribution in [0.3, 0.4) is 0 Å². The van der Waals surface area contributed by atoms with Crippen LogP contribution in [0, 0.1) is 0 Å². The summed E-state index contributed by atoms with van der Waals surface area (Å²) >= 11 is 0. The van der Waals surface area contributed by atoms with Gasteiger partial charge < -0.3 is 15.1 Å². The summed E-state index contributed by atoms with van der Waals surface area (Å²) in [6, 6.07) is 23.8. The number of benzene rings is 3. The summed E-state index contributed by atoms with van der Waals surface area (Å²) in [5.74, 6) is 1.13. The first-order valence-corrected chi connectivity index (χ1v) is 12.0. The van der Waals surface area contributed by atoms with Crippen molar-refractivity contribution in [1.29, 1.82) is 0 Å². The van der Waals surface area contributed by atoms with Crippen molar-refractivity contribution in [2.45, 2.75) is 44.7 Å². The SMILES string of the molecule is C[C@@H](N[C@@H]1CCCc2c1oc1ccc(-c3ccc4c(c3)CCNC4=O)cc21)c1ccccc1. The highest BCUT2D eigenvalue weighted by atomic mass is 16.3. The van der Waals surface area contributed by atoms with Crippen molar-refractivity contribution in [2.75, 3.05) is 6.54 Å². The highest BCUT2D eigenvalue weighted by Crippen LogP contribution is 2.40. The van der Waals surface area contributed by atoms with E-state index in [4.69, 9.17) is 4.42 Å². The number of carbonyl (C=O) groups is 1. The average Bonchev–Trinajstić information content (AvgIpc) is 3.23. The van der Waals surface area contributed by atoms with Crippen LogP contribution >= 0.6 is 0 Å². The maximum absolute atomic E-state index is 12.1. The van der Waals surface area contributed by atoms with Crippen molar-refractivity contribution in [2.24, 2.45) is 0 Å². The number of hydrogen-bond donors (Lipinski definition) is 2. The minimum atomic E-state index is 0.0328. The molecule has 0 bridgehead atoms. The lowest BCUT2D eigenvalue weighted by molar-refractivity contribution is 0.0946. The summed E-state index contributed by atoms with van der Waals surface area (Å²) in [6.45, 7) is 2.93. The third-order valence-corrected chi connectivity index (χ3v) is 7.17. The van der Waals surface area contributed by atoms with Crippen LogP contribution in [0.1, 0.15) is 64.7 Å². The largest absolute Gasteiger partial charge is 0.459 e. The van der Waals surface area contributed by atoms with Crippen molar-refractivity contribution in [3.63, 3.8) is 0 Å². The number of furan rings is 1. The highest BCUT2D eigenvalue weighted by molar-refractivity contribution is 5.97. The molecule has 2 aliphatic rings. The number of carbonyl (C=O) groups excluding carboxylic acids is 1. The second-order valence-electron chi connectivity index (χ2n) is 9.28. The smallest absolute Gasteiger partial charge is 0.251 e. The Bertz CT molecular complexity index is 1340. The van der Waals surface area contributed by atoms with Gasteiger partial charge in [-0.25, -0.2) is 0 Å². The van der Waals surface area contributed by atoms with Gasteiger partial charge in [-0.05, 0) is 73.1 Å². The van der Waals surface area contributed by atoms with Crippen LogP contribution in [0.25, 0.3) is 22.1 Å². The lowest BCUT2D eigenvalue weighted by atomic mass is 9.90. The Kier molecular flexibility index (Phi) is 5.03. The summed E-state index contributed by atoms with van der Waals surface area (Å²) in [4.78, 5) is 12.1. The molecule has 2 heterocycles. The summed E-state index contributed by atoms with van der Waals surface area (Å²) in [5, 5.41) is 7.95. The van der Waals surface area contributed by atoms with E-state index in [-0.39, 0.29) is 18.0 Å². The molecular formula is C29H28N2O2. The summed E-state index contributed by atoms with van der Waals surface area (Å²) in [6.07, 6.45) is 4.17. The number of aryl methyl sites for hydroxylation is 1. The number of hydrogen-bond acceptors (Lipinski definition) is 3. The van der Waals surface area contributed by atoms with Gasteiger partial charge in [0.2, 0.25) is 0 Å². The molecule has 166 valence electrons. The predicted molar refractivity (Wildman–Crippen MR) is 131 cm³/mol. The molecular weight excluding hydrogens is 408 g/mol. The van der Waals surface area contributed by atoms with Gasteiger partial charge in [-0.15, -0.1) is 0 Å². The molecule has 2 atom stereocenters. The second kappa shape index (κ2) is 8.20. The highest BCUT2D eigenvalue weighted by Gasteiger charge is 2.28. The number of fused-ring (bicyclic) bond motifs is 4. The molecule has 0 saturated carbocycles.